The third-order valence-corrected chi connectivity index (χ3v) is 4.67. The van der Waals surface area contributed by atoms with E-state index in [1.807, 2.05) is 13.8 Å². The summed E-state index contributed by atoms with van der Waals surface area (Å²) in [5.41, 5.74) is 2.91. The summed E-state index contributed by atoms with van der Waals surface area (Å²) in [4.78, 5) is 26.0. The number of nitrogens with one attached hydrogen (secondary N) is 1. The van der Waals surface area contributed by atoms with Gasteiger partial charge in [-0.15, -0.1) is 0 Å². The number of ether oxygens (including phenoxy) is 3. The Morgan fingerprint density at radius 2 is 1.63 bits per heavy atom. The lowest BCUT2D eigenvalue weighted by Crippen LogP contribution is -2.35. The molecule has 0 bridgehead atoms. The van der Waals surface area contributed by atoms with E-state index in [9.17, 15) is 14.9 Å². The van der Waals surface area contributed by atoms with Gasteiger partial charge in [0.1, 0.15) is 0 Å². The van der Waals surface area contributed by atoms with Crippen LogP contribution in [0.15, 0.2) is 46.8 Å². The summed E-state index contributed by atoms with van der Waals surface area (Å²) in [5, 5.41) is 12.6. The van der Waals surface area contributed by atoms with Crippen molar-refractivity contribution in [3.63, 3.8) is 0 Å². The minimum atomic E-state index is -0.733. The van der Waals surface area contributed by atoms with E-state index in [0.29, 0.717) is 46.7 Å². The van der Waals surface area contributed by atoms with Gasteiger partial charge in [-0.25, -0.2) is 9.59 Å². The highest BCUT2D eigenvalue weighted by Crippen LogP contribution is 2.40. The molecule has 0 amide bonds. The van der Waals surface area contributed by atoms with Gasteiger partial charge in [0.05, 0.1) is 54.2 Å². The molecule has 0 aromatic heterocycles. The lowest BCUT2D eigenvalue weighted by Gasteiger charge is -2.32. The molecule has 1 aliphatic heterocycles. The highest BCUT2D eigenvalue weighted by molar-refractivity contribution is 6.00. The number of carbonyl (C=O) groups excluding carboxylic acids is 2. The zero-order valence-corrected chi connectivity index (χ0v) is 17.9. The summed E-state index contributed by atoms with van der Waals surface area (Å²) in [5.74, 6) is -1.78. The highest BCUT2D eigenvalue weighted by atomic mass is 16.5. The Hall–Kier alpha value is -3.11. The smallest absolute Gasteiger partial charge is 0.336 e. The molecule has 0 spiro atoms. The number of rotatable bonds is 9. The maximum Gasteiger partial charge on any atom is 0.336 e. The maximum atomic E-state index is 13.0. The van der Waals surface area contributed by atoms with Gasteiger partial charge < -0.3 is 19.5 Å². The van der Waals surface area contributed by atoms with E-state index < -0.39 is 17.9 Å². The van der Waals surface area contributed by atoms with Crippen molar-refractivity contribution in [2.24, 2.45) is 0 Å². The second-order valence-electron chi connectivity index (χ2n) is 6.51. The predicted octanol–water partition coefficient (Wildman–Crippen LogP) is 3.33. The van der Waals surface area contributed by atoms with Gasteiger partial charge in [-0.3, -0.25) is 0 Å². The average Bonchev–Trinajstić information content (AvgIpc) is 2.76. The maximum absolute atomic E-state index is 13.0. The number of hydrogen-bond donors (Lipinski definition) is 1. The molecule has 1 heterocycles. The number of allylic oxidation sites excluding steroid dienone is 1. The lowest BCUT2D eigenvalue weighted by molar-refractivity contribution is -0.139. The number of benzene rings is 1. The van der Waals surface area contributed by atoms with Gasteiger partial charge in [0.15, 0.2) is 0 Å². The predicted molar refractivity (Wildman–Crippen MR) is 111 cm³/mol. The second-order valence-corrected chi connectivity index (χ2v) is 6.51. The van der Waals surface area contributed by atoms with Gasteiger partial charge in [-0.05, 0) is 44.9 Å². The van der Waals surface area contributed by atoms with Gasteiger partial charge in [0.25, 0.3) is 0 Å². The van der Waals surface area contributed by atoms with Crippen molar-refractivity contribution in [1.29, 1.82) is 5.26 Å². The van der Waals surface area contributed by atoms with Crippen LogP contribution < -0.4 is 5.32 Å². The summed E-state index contributed by atoms with van der Waals surface area (Å²) in [7, 11) is 0. The molecule has 0 saturated carbocycles. The van der Waals surface area contributed by atoms with Crippen LogP contribution in [0.1, 0.15) is 51.2 Å². The Bertz CT molecular complexity index is 895. The molecular weight excluding hydrogens is 384 g/mol. The fraction of sp³-hybridized carbons (Fsp3) is 0.435. The van der Waals surface area contributed by atoms with E-state index in [1.54, 1.807) is 38.1 Å². The van der Waals surface area contributed by atoms with Crippen molar-refractivity contribution in [2.45, 2.75) is 40.0 Å². The Morgan fingerprint density at radius 3 is 2.17 bits per heavy atom. The van der Waals surface area contributed by atoms with E-state index in [0.717, 1.165) is 0 Å². The van der Waals surface area contributed by atoms with Gasteiger partial charge in [0, 0.05) is 12.3 Å². The first-order valence-corrected chi connectivity index (χ1v) is 10.2. The standard InChI is InChI=1S/C23H28N2O5/c1-5-17-20(22(26)29-7-3)19(16-11-9-10-15(12-16)13-24)21(23(27)30-8-4)18(25-17)14-28-6-2/h9-12,19,25H,5-8,14H2,1-4H3. The van der Waals surface area contributed by atoms with Gasteiger partial charge in [0.2, 0.25) is 0 Å². The molecule has 0 aliphatic carbocycles. The first-order chi connectivity index (χ1) is 14.5. The van der Waals surface area contributed by atoms with Crippen LogP contribution in [-0.2, 0) is 23.8 Å². The fourth-order valence-electron chi connectivity index (χ4n) is 3.43. The van der Waals surface area contributed by atoms with Gasteiger partial charge in [-0.1, -0.05) is 19.1 Å². The van der Waals surface area contributed by atoms with Crippen LogP contribution in [0.3, 0.4) is 0 Å². The molecule has 0 fully saturated rings. The molecule has 7 nitrogen and oxygen atoms in total. The first kappa shape index (κ1) is 23.2. The summed E-state index contributed by atoms with van der Waals surface area (Å²) >= 11 is 0. The quantitative estimate of drug-likeness (QED) is 0.621. The normalized spacial score (nSPS) is 16.0. The summed E-state index contributed by atoms with van der Waals surface area (Å²) in [6.07, 6.45) is 0.522. The van der Waals surface area contributed by atoms with Crippen molar-refractivity contribution >= 4 is 11.9 Å². The third-order valence-electron chi connectivity index (χ3n) is 4.67. The fourth-order valence-corrected chi connectivity index (χ4v) is 3.43. The molecule has 2 rings (SSSR count). The number of dihydropyridines is 1. The Labute approximate surface area is 177 Å². The molecule has 30 heavy (non-hydrogen) atoms. The molecule has 160 valence electrons. The van der Waals surface area contributed by atoms with Crippen LogP contribution >= 0.6 is 0 Å². The summed E-state index contributed by atoms with van der Waals surface area (Å²) in [6, 6.07) is 8.99. The number of carbonyl (C=O) groups is 2. The van der Waals surface area contributed by atoms with Crippen molar-refractivity contribution in [3.05, 3.63) is 57.9 Å². The van der Waals surface area contributed by atoms with Crippen LogP contribution in [0, 0.1) is 11.3 Å². The van der Waals surface area contributed by atoms with Gasteiger partial charge in [-0.2, -0.15) is 5.26 Å². The second kappa shape index (κ2) is 11.2. The van der Waals surface area contributed by atoms with Crippen LogP contribution in [0.5, 0.6) is 0 Å². The molecule has 1 N–H and O–H groups in total. The SMILES string of the molecule is CCOCC1=C(C(=O)OCC)C(c2cccc(C#N)c2)C(C(=O)OCC)=C(CC)N1. The Morgan fingerprint density at radius 1 is 1.00 bits per heavy atom. The minimum Gasteiger partial charge on any atom is -0.463 e. The zero-order chi connectivity index (χ0) is 22.1. The Balaban J connectivity index is 2.77. The van der Waals surface area contributed by atoms with E-state index in [2.05, 4.69) is 11.4 Å². The largest absolute Gasteiger partial charge is 0.463 e. The number of hydrogen-bond acceptors (Lipinski definition) is 7. The topological polar surface area (TPSA) is 97.7 Å². The Kier molecular flexibility index (Phi) is 8.63. The van der Waals surface area contributed by atoms with Crippen LogP contribution in [0.4, 0.5) is 0 Å². The van der Waals surface area contributed by atoms with Crippen molar-refractivity contribution in [1.82, 2.24) is 5.32 Å². The number of nitriles is 1. The summed E-state index contributed by atoms with van der Waals surface area (Å²) in [6.45, 7) is 8.25. The van der Waals surface area contributed by atoms with E-state index >= 15 is 0 Å². The van der Waals surface area contributed by atoms with Gasteiger partial charge >= 0.3 is 11.9 Å². The van der Waals surface area contributed by atoms with Crippen molar-refractivity contribution < 1.29 is 23.8 Å². The van der Waals surface area contributed by atoms with Crippen LogP contribution in [-0.4, -0.2) is 38.4 Å². The molecule has 1 aromatic carbocycles. The van der Waals surface area contributed by atoms with Crippen molar-refractivity contribution in [2.75, 3.05) is 26.4 Å². The number of nitrogens with zero attached hydrogens (tertiary/aromatic N) is 1. The zero-order valence-electron chi connectivity index (χ0n) is 17.9. The molecule has 1 aliphatic rings. The average molecular weight is 412 g/mol. The summed E-state index contributed by atoms with van der Waals surface area (Å²) < 4.78 is 16.2. The molecule has 1 aromatic rings. The van der Waals surface area contributed by atoms with Crippen LogP contribution in [0.2, 0.25) is 0 Å². The van der Waals surface area contributed by atoms with E-state index in [1.165, 1.54) is 0 Å². The molecule has 1 unspecified atom stereocenters. The number of esters is 2. The molecule has 7 heteroatoms. The minimum absolute atomic E-state index is 0.165. The molecule has 0 saturated heterocycles. The monoisotopic (exact) mass is 412 g/mol. The van der Waals surface area contributed by atoms with E-state index in [4.69, 9.17) is 14.2 Å². The van der Waals surface area contributed by atoms with Crippen molar-refractivity contribution in [3.8, 4) is 6.07 Å². The molecule has 0 radical (unpaired) electrons. The first-order valence-electron chi connectivity index (χ1n) is 10.2. The van der Waals surface area contributed by atoms with Crippen LogP contribution in [0.25, 0.3) is 0 Å². The highest BCUT2D eigenvalue weighted by Gasteiger charge is 2.39. The molecular formula is C23H28N2O5. The third kappa shape index (κ3) is 5.08. The van der Waals surface area contributed by atoms with E-state index in [-0.39, 0.29) is 19.8 Å². The lowest BCUT2D eigenvalue weighted by atomic mass is 9.79. The molecule has 1 atom stereocenters.